The molecule has 19 heavy (non-hydrogen) atoms. The summed E-state index contributed by atoms with van der Waals surface area (Å²) in [5, 5.41) is 7.92. The number of hydrogen-bond acceptors (Lipinski definition) is 6. The molecule has 0 aliphatic heterocycles. The van der Waals surface area contributed by atoms with Crippen LogP contribution in [0.25, 0.3) is 0 Å². The minimum atomic E-state index is -2.43. The van der Waals surface area contributed by atoms with Crippen LogP contribution < -0.4 is 0 Å². The van der Waals surface area contributed by atoms with Crippen LogP contribution in [0.3, 0.4) is 0 Å². The molecule has 1 rings (SSSR count). The van der Waals surface area contributed by atoms with Crippen LogP contribution in [-0.2, 0) is 13.3 Å². The van der Waals surface area contributed by atoms with Crippen LogP contribution in [-0.4, -0.2) is 51.1 Å². The van der Waals surface area contributed by atoms with Gasteiger partial charge in [0.15, 0.2) is 0 Å². The zero-order chi connectivity index (χ0) is 14.3. The number of hydrogen-bond donors (Lipinski definition) is 1. The number of thioether (sulfide) groups is 1. The Labute approximate surface area is 120 Å². The molecular formula is C11H23N3O3SSi. The van der Waals surface area contributed by atoms with E-state index in [1.54, 1.807) is 33.1 Å². The lowest BCUT2D eigenvalue weighted by Gasteiger charge is -2.23. The van der Waals surface area contributed by atoms with Crippen molar-refractivity contribution in [2.75, 3.05) is 27.1 Å². The molecule has 0 aromatic carbocycles. The largest absolute Gasteiger partial charge is 0.500 e. The fourth-order valence-electron chi connectivity index (χ4n) is 1.59. The van der Waals surface area contributed by atoms with Crippen LogP contribution in [0, 0.1) is 0 Å². The van der Waals surface area contributed by atoms with Crippen LogP contribution in [0.2, 0.25) is 6.04 Å². The van der Waals surface area contributed by atoms with Crippen LogP contribution in [0.1, 0.15) is 32.0 Å². The van der Waals surface area contributed by atoms with Crippen molar-refractivity contribution in [2.45, 2.75) is 37.4 Å². The quantitative estimate of drug-likeness (QED) is 0.429. The van der Waals surface area contributed by atoms with Crippen molar-refractivity contribution in [3.05, 3.63) is 5.82 Å². The van der Waals surface area contributed by atoms with E-state index in [1.807, 2.05) is 0 Å². The van der Waals surface area contributed by atoms with Crippen LogP contribution in [0.5, 0.6) is 0 Å². The van der Waals surface area contributed by atoms with Crippen molar-refractivity contribution in [1.82, 2.24) is 15.2 Å². The molecule has 8 heteroatoms. The summed E-state index contributed by atoms with van der Waals surface area (Å²) in [5.74, 6) is 2.22. The van der Waals surface area contributed by atoms with Crippen molar-refractivity contribution in [1.29, 1.82) is 0 Å². The summed E-state index contributed by atoms with van der Waals surface area (Å²) in [6, 6.07) is 0.797. The minimum absolute atomic E-state index is 0.373. The topological polar surface area (TPSA) is 69.3 Å². The van der Waals surface area contributed by atoms with Crippen LogP contribution in [0.15, 0.2) is 5.16 Å². The first-order valence-electron chi connectivity index (χ1n) is 6.27. The van der Waals surface area contributed by atoms with Gasteiger partial charge in [0.1, 0.15) is 5.82 Å². The number of aromatic nitrogens is 3. The van der Waals surface area contributed by atoms with Gasteiger partial charge in [-0.1, -0.05) is 25.6 Å². The van der Waals surface area contributed by atoms with Gasteiger partial charge < -0.3 is 13.3 Å². The summed E-state index contributed by atoms with van der Waals surface area (Å²) in [5.41, 5.74) is 0. The summed E-state index contributed by atoms with van der Waals surface area (Å²) >= 11 is 1.63. The predicted octanol–water partition coefficient (Wildman–Crippen LogP) is 2.29. The third-order valence-corrected chi connectivity index (χ3v) is 6.59. The maximum Gasteiger partial charge on any atom is 0.500 e. The fraction of sp³-hybridized carbons (Fsp3) is 0.818. The van der Waals surface area contributed by atoms with E-state index in [-0.39, 0.29) is 0 Å². The average molecular weight is 305 g/mol. The second-order valence-corrected chi connectivity index (χ2v) is 8.56. The van der Waals surface area contributed by atoms with Crippen molar-refractivity contribution in [3.8, 4) is 0 Å². The summed E-state index contributed by atoms with van der Waals surface area (Å²) in [6.45, 7) is 4.18. The molecule has 0 fully saturated rings. The molecule has 0 unspecified atom stereocenters. The van der Waals surface area contributed by atoms with E-state index < -0.39 is 8.80 Å². The smallest absolute Gasteiger partial charge is 0.377 e. The second-order valence-electron chi connectivity index (χ2n) is 4.41. The lowest BCUT2D eigenvalue weighted by molar-refractivity contribution is 0.123. The number of H-pyrrole nitrogens is 1. The van der Waals surface area contributed by atoms with Gasteiger partial charge >= 0.3 is 8.80 Å². The van der Waals surface area contributed by atoms with E-state index in [0.717, 1.165) is 29.2 Å². The van der Waals surface area contributed by atoms with Gasteiger partial charge in [-0.2, -0.15) is 0 Å². The maximum atomic E-state index is 5.37. The van der Waals surface area contributed by atoms with Crippen molar-refractivity contribution >= 4 is 20.6 Å². The SMILES string of the molecule is CO[Si](CCCSc1n[nH]c(C(C)C)n1)(OC)OC. The Morgan fingerprint density at radius 1 is 1.21 bits per heavy atom. The molecule has 0 bridgehead atoms. The molecule has 0 aliphatic carbocycles. The van der Waals surface area contributed by atoms with E-state index in [2.05, 4.69) is 29.0 Å². The van der Waals surface area contributed by atoms with Gasteiger partial charge in [0.2, 0.25) is 5.16 Å². The molecule has 1 heterocycles. The Kier molecular flexibility index (Phi) is 7.01. The van der Waals surface area contributed by atoms with E-state index in [0.29, 0.717) is 5.92 Å². The molecule has 110 valence electrons. The fourth-order valence-corrected chi connectivity index (χ4v) is 4.31. The van der Waals surface area contributed by atoms with E-state index >= 15 is 0 Å². The Morgan fingerprint density at radius 2 is 1.84 bits per heavy atom. The third-order valence-electron chi connectivity index (χ3n) is 2.82. The highest BCUT2D eigenvalue weighted by atomic mass is 32.2. The van der Waals surface area contributed by atoms with Crippen LogP contribution >= 0.6 is 11.8 Å². The number of nitrogens with zero attached hydrogens (tertiary/aromatic N) is 2. The first kappa shape index (κ1) is 16.6. The summed E-state index contributed by atoms with van der Waals surface area (Å²) in [7, 11) is 2.48. The van der Waals surface area contributed by atoms with Gasteiger partial charge in [0, 0.05) is 39.0 Å². The molecule has 0 atom stereocenters. The number of rotatable bonds is 9. The Morgan fingerprint density at radius 3 is 2.32 bits per heavy atom. The summed E-state index contributed by atoms with van der Waals surface area (Å²) < 4.78 is 16.1. The van der Waals surface area contributed by atoms with Crippen molar-refractivity contribution < 1.29 is 13.3 Å². The van der Waals surface area contributed by atoms with E-state index in [1.165, 1.54) is 0 Å². The monoisotopic (exact) mass is 305 g/mol. The molecule has 6 nitrogen and oxygen atoms in total. The molecule has 1 aromatic rings. The highest BCUT2D eigenvalue weighted by Gasteiger charge is 2.36. The molecule has 1 aromatic heterocycles. The zero-order valence-electron chi connectivity index (χ0n) is 12.2. The molecule has 0 amide bonds. The highest BCUT2D eigenvalue weighted by molar-refractivity contribution is 7.99. The van der Waals surface area contributed by atoms with Gasteiger partial charge in [0.05, 0.1) is 0 Å². The standard InChI is InChI=1S/C11H23N3O3SSi/c1-9(2)10-12-11(14-13-10)18-7-6-8-19(15-3,16-4)17-5/h9H,6-8H2,1-5H3,(H,12,13,14). The number of nitrogens with one attached hydrogen (secondary N) is 1. The first-order valence-corrected chi connectivity index (χ1v) is 9.19. The summed E-state index contributed by atoms with van der Waals surface area (Å²) in [6.07, 6.45) is 0.942. The van der Waals surface area contributed by atoms with Crippen LogP contribution in [0.4, 0.5) is 0 Å². The molecular weight excluding hydrogens is 282 g/mol. The molecule has 0 saturated carbocycles. The molecule has 0 aliphatic rings. The molecule has 1 N–H and O–H groups in total. The molecule has 0 spiro atoms. The van der Waals surface area contributed by atoms with E-state index in [4.69, 9.17) is 13.3 Å². The molecule has 0 radical (unpaired) electrons. The van der Waals surface area contributed by atoms with Gasteiger partial charge in [-0.15, -0.1) is 5.10 Å². The van der Waals surface area contributed by atoms with Crippen molar-refractivity contribution in [3.63, 3.8) is 0 Å². The second kappa shape index (κ2) is 8.00. The first-order chi connectivity index (χ1) is 9.06. The van der Waals surface area contributed by atoms with E-state index in [9.17, 15) is 0 Å². The Bertz CT molecular complexity index is 364. The van der Waals surface area contributed by atoms with Gasteiger partial charge in [-0.3, -0.25) is 5.10 Å². The normalized spacial score (nSPS) is 12.3. The minimum Gasteiger partial charge on any atom is -0.377 e. The van der Waals surface area contributed by atoms with Gasteiger partial charge in [0.25, 0.3) is 0 Å². The predicted molar refractivity (Wildman–Crippen MR) is 77.4 cm³/mol. The van der Waals surface area contributed by atoms with Crippen molar-refractivity contribution in [2.24, 2.45) is 0 Å². The van der Waals surface area contributed by atoms with Gasteiger partial charge in [-0.05, 0) is 6.42 Å². The Balaban J connectivity index is 2.33. The highest BCUT2D eigenvalue weighted by Crippen LogP contribution is 2.21. The van der Waals surface area contributed by atoms with Gasteiger partial charge in [-0.25, -0.2) is 4.98 Å². The summed E-state index contributed by atoms with van der Waals surface area (Å²) in [4.78, 5) is 4.42. The average Bonchev–Trinajstić information content (AvgIpc) is 2.89. The maximum absolute atomic E-state index is 5.37. The lowest BCUT2D eigenvalue weighted by Crippen LogP contribution is -2.42. The Hall–Kier alpha value is -0.413. The molecule has 0 saturated heterocycles. The number of aromatic amines is 1. The lowest BCUT2D eigenvalue weighted by atomic mass is 10.2. The zero-order valence-corrected chi connectivity index (χ0v) is 14.0. The third kappa shape index (κ3) is 4.88.